The van der Waals surface area contributed by atoms with E-state index in [1.54, 1.807) is 13.2 Å². The maximum absolute atomic E-state index is 11.3. The minimum absolute atomic E-state index is 0.0342. The van der Waals surface area contributed by atoms with Gasteiger partial charge in [0.05, 0.1) is 18.8 Å². The number of rotatable bonds is 7. The monoisotopic (exact) mass is 296 g/mol. The van der Waals surface area contributed by atoms with Crippen molar-refractivity contribution in [2.45, 2.75) is 26.2 Å². The van der Waals surface area contributed by atoms with E-state index in [9.17, 15) is 15.0 Å². The molecule has 0 aliphatic heterocycles. The molecule has 0 atom stereocenters. The van der Waals surface area contributed by atoms with Crippen molar-refractivity contribution in [1.29, 1.82) is 0 Å². The number of hydrogen-bond donors (Lipinski definition) is 2. The highest BCUT2D eigenvalue weighted by Crippen LogP contribution is 2.25. The molecule has 2 N–H and O–H groups in total. The number of ether oxygens (including phenoxy) is 1. The highest BCUT2D eigenvalue weighted by molar-refractivity contribution is 5.88. The normalized spacial score (nSPS) is 11.5. The molecule has 0 spiro atoms. The van der Waals surface area contributed by atoms with Gasteiger partial charge in [-0.1, -0.05) is 20.8 Å². The number of aromatic carboxylic acids is 1. The molecule has 0 saturated heterocycles. The van der Waals surface area contributed by atoms with Crippen molar-refractivity contribution in [2.24, 2.45) is 0 Å². The lowest BCUT2D eigenvalue weighted by molar-refractivity contribution is 0.0696. The molecule has 0 saturated carbocycles. The molecule has 6 heteroatoms. The van der Waals surface area contributed by atoms with Crippen LogP contribution in [0.5, 0.6) is 0 Å². The molecule has 0 aliphatic rings. The summed E-state index contributed by atoms with van der Waals surface area (Å²) < 4.78 is 5.05. The Labute approximate surface area is 125 Å². The molecule has 1 rings (SSSR count). The first kappa shape index (κ1) is 17.4. The Hall–Kier alpha value is -1.66. The number of methoxy groups -OCH3 is 1. The zero-order valence-electron chi connectivity index (χ0n) is 13.1. The van der Waals surface area contributed by atoms with Gasteiger partial charge in [0.15, 0.2) is 0 Å². The third kappa shape index (κ3) is 4.99. The van der Waals surface area contributed by atoms with Crippen molar-refractivity contribution in [3.05, 3.63) is 23.4 Å². The number of pyridine rings is 1. The summed E-state index contributed by atoms with van der Waals surface area (Å²) in [6.07, 6.45) is 0. The molecule has 0 fully saturated rings. The largest absolute Gasteiger partial charge is 0.478 e. The van der Waals surface area contributed by atoms with Crippen molar-refractivity contribution in [3.63, 3.8) is 0 Å². The molecule has 6 nitrogen and oxygen atoms in total. The number of carboxylic acid groups (broad SMARTS) is 1. The number of hydrogen-bond acceptors (Lipinski definition) is 5. The Morgan fingerprint density at radius 1 is 1.33 bits per heavy atom. The van der Waals surface area contributed by atoms with E-state index in [2.05, 4.69) is 4.98 Å². The van der Waals surface area contributed by atoms with Crippen LogP contribution in [0.1, 0.15) is 36.8 Å². The summed E-state index contributed by atoms with van der Waals surface area (Å²) in [7, 11) is 1.60. The van der Waals surface area contributed by atoms with Gasteiger partial charge in [0.2, 0.25) is 0 Å². The minimum atomic E-state index is -0.986. The quantitative estimate of drug-likeness (QED) is 0.794. The molecule has 0 bridgehead atoms. The van der Waals surface area contributed by atoms with Gasteiger partial charge in [0.25, 0.3) is 0 Å². The van der Waals surface area contributed by atoms with Crippen LogP contribution in [0, 0.1) is 0 Å². The molecule has 118 valence electrons. The summed E-state index contributed by atoms with van der Waals surface area (Å²) in [5.74, 6) is -0.439. The van der Waals surface area contributed by atoms with Gasteiger partial charge in [-0.15, -0.1) is 0 Å². The Balaban J connectivity index is 3.24. The van der Waals surface area contributed by atoms with Gasteiger partial charge < -0.3 is 19.8 Å². The smallest absolute Gasteiger partial charge is 0.335 e. The first-order chi connectivity index (χ1) is 9.79. The maximum atomic E-state index is 11.3. The topological polar surface area (TPSA) is 82.9 Å². The van der Waals surface area contributed by atoms with Crippen molar-refractivity contribution >= 4 is 11.8 Å². The maximum Gasteiger partial charge on any atom is 0.335 e. The Morgan fingerprint density at radius 2 is 2.00 bits per heavy atom. The Morgan fingerprint density at radius 3 is 2.48 bits per heavy atom. The molecule has 0 radical (unpaired) electrons. The average molecular weight is 296 g/mol. The number of carboxylic acids is 1. The van der Waals surface area contributed by atoms with Gasteiger partial charge >= 0.3 is 5.97 Å². The van der Waals surface area contributed by atoms with E-state index in [4.69, 9.17) is 4.74 Å². The first-order valence-corrected chi connectivity index (χ1v) is 6.90. The predicted octanol–water partition coefficient (Wildman–Crippen LogP) is 1.52. The van der Waals surface area contributed by atoms with Crippen LogP contribution < -0.4 is 4.90 Å². The van der Waals surface area contributed by atoms with Crippen LogP contribution in [-0.4, -0.2) is 54.6 Å². The SMILES string of the molecule is COCCN(CCO)c1cc(C(=O)O)cc(C(C)(C)C)n1. The first-order valence-electron chi connectivity index (χ1n) is 6.90. The zero-order valence-corrected chi connectivity index (χ0v) is 13.1. The average Bonchev–Trinajstić information content (AvgIpc) is 2.42. The van der Waals surface area contributed by atoms with Gasteiger partial charge in [-0.25, -0.2) is 9.78 Å². The lowest BCUT2D eigenvalue weighted by atomic mass is 9.90. The molecule has 0 unspecified atom stereocenters. The predicted molar refractivity (Wildman–Crippen MR) is 81.1 cm³/mol. The van der Waals surface area contributed by atoms with Crippen LogP contribution in [0.15, 0.2) is 12.1 Å². The van der Waals surface area contributed by atoms with Crippen molar-refractivity contribution in [2.75, 3.05) is 38.3 Å². The Kier molecular flexibility index (Phi) is 6.11. The zero-order chi connectivity index (χ0) is 16.0. The number of aromatic nitrogens is 1. The van der Waals surface area contributed by atoms with Gasteiger partial charge in [-0.05, 0) is 12.1 Å². The summed E-state index contributed by atoms with van der Waals surface area (Å²) >= 11 is 0. The number of carbonyl (C=O) groups is 1. The van der Waals surface area contributed by atoms with Gasteiger partial charge in [0, 0.05) is 31.3 Å². The van der Waals surface area contributed by atoms with E-state index in [0.717, 1.165) is 0 Å². The third-order valence-corrected chi connectivity index (χ3v) is 3.09. The highest BCUT2D eigenvalue weighted by Gasteiger charge is 2.20. The number of aliphatic hydroxyl groups excluding tert-OH is 1. The van der Waals surface area contributed by atoms with Gasteiger partial charge in [-0.3, -0.25) is 0 Å². The van der Waals surface area contributed by atoms with E-state index >= 15 is 0 Å². The standard InChI is InChI=1S/C15H24N2O4/c1-15(2,3)12-9-11(14(19)20)10-13(16-12)17(5-7-18)6-8-21-4/h9-10,18H,5-8H2,1-4H3,(H,19,20). The van der Waals surface area contributed by atoms with E-state index in [1.807, 2.05) is 25.7 Å². The lowest BCUT2D eigenvalue weighted by Gasteiger charge is -2.26. The fraction of sp³-hybridized carbons (Fsp3) is 0.600. The van der Waals surface area contributed by atoms with Gasteiger partial charge in [-0.2, -0.15) is 0 Å². The summed E-state index contributed by atoms with van der Waals surface area (Å²) in [6, 6.07) is 3.13. The summed E-state index contributed by atoms with van der Waals surface area (Å²) in [5, 5.41) is 18.4. The fourth-order valence-electron chi connectivity index (χ4n) is 1.85. The van der Waals surface area contributed by atoms with Crippen LogP contribution in [-0.2, 0) is 10.2 Å². The summed E-state index contributed by atoms with van der Waals surface area (Å²) in [6.45, 7) is 7.31. The highest BCUT2D eigenvalue weighted by atomic mass is 16.5. The molecule has 1 aromatic rings. The second kappa shape index (κ2) is 7.38. The van der Waals surface area contributed by atoms with Crippen LogP contribution in [0.25, 0.3) is 0 Å². The van der Waals surface area contributed by atoms with Crippen molar-refractivity contribution < 1.29 is 19.7 Å². The molecule has 0 amide bonds. The molecule has 0 aromatic carbocycles. The lowest BCUT2D eigenvalue weighted by Crippen LogP contribution is -2.32. The molecule has 21 heavy (non-hydrogen) atoms. The molecular formula is C15H24N2O4. The summed E-state index contributed by atoms with van der Waals surface area (Å²) in [4.78, 5) is 17.7. The van der Waals surface area contributed by atoms with E-state index < -0.39 is 5.97 Å². The number of nitrogens with zero attached hydrogens (tertiary/aromatic N) is 2. The molecule has 1 heterocycles. The summed E-state index contributed by atoms with van der Waals surface area (Å²) in [5.41, 5.74) is 0.648. The molecule has 1 aromatic heterocycles. The Bertz CT molecular complexity index is 483. The van der Waals surface area contributed by atoms with Crippen LogP contribution >= 0.6 is 0 Å². The minimum Gasteiger partial charge on any atom is -0.478 e. The van der Waals surface area contributed by atoms with Crippen LogP contribution in [0.3, 0.4) is 0 Å². The third-order valence-electron chi connectivity index (χ3n) is 3.09. The fourth-order valence-corrected chi connectivity index (χ4v) is 1.85. The van der Waals surface area contributed by atoms with Gasteiger partial charge in [0.1, 0.15) is 5.82 Å². The van der Waals surface area contributed by atoms with Crippen LogP contribution in [0.4, 0.5) is 5.82 Å². The molecular weight excluding hydrogens is 272 g/mol. The second-order valence-electron chi connectivity index (χ2n) is 5.86. The molecule has 0 aliphatic carbocycles. The van der Waals surface area contributed by atoms with Crippen molar-refractivity contribution in [1.82, 2.24) is 4.98 Å². The van der Waals surface area contributed by atoms with E-state index in [0.29, 0.717) is 31.2 Å². The van der Waals surface area contributed by atoms with E-state index in [-0.39, 0.29) is 17.6 Å². The number of aliphatic hydroxyl groups is 1. The van der Waals surface area contributed by atoms with Crippen molar-refractivity contribution in [3.8, 4) is 0 Å². The number of anilines is 1. The van der Waals surface area contributed by atoms with Crippen LogP contribution in [0.2, 0.25) is 0 Å². The second-order valence-corrected chi connectivity index (χ2v) is 5.86. The van der Waals surface area contributed by atoms with E-state index in [1.165, 1.54) is 6.07 Å².